The molecule has 4 aromatic rings. The lowest BCUT2D eigenvalue weighted by Crippen LogP contribution is -2.32. The average Bonchev–Trinajstić information content (AvgIpc) is 3.47. The highest BCUT2D eigenvalue weighted by Crippen LogP contribution is 2.39. The summed E-state index contributed by atoms with van der Waals surface area (Å²) >= 11 is 1.46. The Morgan fingerprint density at radius 1 is 1.25 bits per heavy atom. The number of aromatic nitrogens is 2. The van der Waals surface area contributed by atoms with E-state index in [9.17, 15) is 14.9 Å². The van der Waals surface area contributed by atoms with Gasteiger partial charge in [-0.15, -0.1) is 11.3 Å². The van der Waals surface area contributed by atoms with Gasteiger partial charge in [0.1, 0.15) is 16.9 Å². The lowest BCUT2D eigenvalue weighted by molar-refractivity contribution is -0.124. The third-order valence-corrected chi connectivity index (χ3v) is 7.73. The number of ether oxygens (including phenoxy) is 1. The number of hydrogen-bond acceptors (Lipinski definition) is 6. The number of hydrogen-bond donors (Lipinski definition) is 2. The number of anilines is 1. The van der Waals surface area contributed by atoms with Crippen molar-refractivity contribution in [1.82, 2.24) is 9.97 Å². The SMILES string of the molecule is CCC(OC(=O)c1ccccc1-c1nc2ccccc2[nH]1)C(=O)Nc1sc2c(c1C#N)CCC(C)C2. The summed E-state index contributed by atoms with van der Waals surface area (Å²) in [6.07, 6.45) is 2.09. The number of thiophene rings is 1. The van der Waals surface area contributed by atoms with Gasteiger partial charge in [0, 0.05) is 10.4 Å². The summed E-state index contributed by atoms with van der Waals surface area (Å²) in [7, 11) is 0. The number of amides is 1. The highest BCUT2D eigenvalue weighted by molar-refractivity contribution is 7.16. The highest BCUT2D eigenvalue weighted by Gasteiger charge is 2.28. The molecule has 1 amide bonds. The number of nitriles is 1. The van der Waals surface area contributed by atoms with Crippen LogP contribution in [0.1, 0.15) is 53.1 Å². The van der Waals surface area contributed by atoms with E-state index in [0.29, 0.717) is 39.9 Å². The Kier molecular flexibility index (Phi) is 6.57. The summed E-state index contributed by atoms with van der Waals surface area (Å²) in [6.45, 7) is 3.98. The molecule has 2 N–H and O–H groups in total. The number of rotatable bonds is 6. The minimum Gasteiger partial charge on any atom is -0.449 e. The minimum atomic E-state index is -0.995. The number of carbonyl (C=O) groups is 2. The van der Waals surface area contributed by atoms with Gasteiger partial charge in [-0.25, -0.2) is 9.78 Å². The molecule has 8 heteroatoms. The normalized spacial score (nSPS) is 15.6. The van der Waals surface area contributed by atoms with Crippen LogP contribution in [0.3, 0.4) is 0 Å². The molecule has 0 saturated heterocycles. The first-order valence-corrected chi connectivity index (χ1v) is 12.9. The number of carbonyl (C=O) groups excluding carboxylic acids is 2. The summed E-state index contributed by atoms with van der Waals surface area (Å²) in [5.41, 5.74) is 4.15. The van der Waals surface area contributed by atoms with Crippen molar-refractivity contribution in [2.24, 2.45) is 5.92 Å². The fraction of sp³-hybridized carbons (Fsp3) is 0.286. The molecule has 0 fully saturated rings. The Labute approximate surface area is 213 Å². The first kappa shape index (κ1) is 23.8. The predicted molar refractivity (Wildman–Crippen MR) is 140 cm³/mol. The van der Waals surface area contributed by atoms with Gasteiger partial charge in [0.25, 0.3) is 5.91 Å². The first-order chi connectivity index (χ1) is 17.5. The number of para-hydroxylation sites is 2. The summed E-state index contributed by atoms with van der Waals surface area (Å²) in [6, 6.07) is 16.9. The number of H-pyrrole nitrogens is 1. The second-order valence-corrected chi connectivity index (χ2v) is 10.2. The van der Waals surface area contributed by atoms with E-state index in [4.69, 9.17) is 4.74 Å². The number of fused-ring (bicyclic) bond motifs is 2. The van der Waals surface area contributed by atoms with E-state index in [1.165, 1.54) is 11.3 Å². The van der Waals surface area contributed by atoms with Gasteiger partial charge in [0.2, 0.25) is 0 Å². The molecule has 2 unspecified atom stereocenters. The third-order valence-electron chi connectivity index (χ3n) is 6.56. The molecule has 0 spiro atoms. The third kappa shape index (κ3) is 4.50. The van der Waals surface area contributed by atoms with E-state index in [2.05, 4.69) is 28.3 Å². The van der Waals surface area contributed by atoms with Crippen molar-refractivity contribution in [1.29, 1.82) is 5.26 Å². The number of benzene rings is 2. The van der Waals surface area contributed by atoms with Gasteiger partial charge >= 0.3 is 5.97 Å². The van der Waals surface area contributed by atoms with Crippen LogP contribution >= 0.6 is 11.3 Å². The number of nitrogens with one attached hydrogen (secondary N) is 2. The molecule has 1 aliphatic carbocycles. The van der Waals surface area contributed by atoms with Crippen LogP contribution in [-0.4, -0.2) is 27.9 Å². The van der Waals surface area contributed by atoms with Gasteiger partial charge in [-0.05, 0) is 55.4 Å². The van der Waals surface area contributed by atoms with Crippen LogP contribution in [0.4, 0.5) is 5.00 Å². The maximum absolute atomic E-state index is 13.2. The van der Waals surface area contributed by atoms with Crippen LogP contribution in [0.25, 0.3) is 22.4 Å². The monoisotopic (exact) mass is 498 g/mol. The molecule has 36 heavy (non-hydrogen) atoms. The van der Waals surface area contributed by atoms with E-state index < -0.39 is 18.0 Å². The molecule has 7 nitrogen and oxygen atoms in total. The topological polar surface area (TPSA) is 108 Å². The number of aromatic amines is 1. The molecular weight excluding hydrogens is 472 g/mol. The van der Waals surface area contributed by atoms with Gasteiger partial charge in [0.05, 0.1) is 22.2 Å². The summed E-state index contributed by atoms with van der Waals surface area (Å²) < 4.78 is 5.68. The molecule has 2 aromatic heterocycles. The van der Waals surface area contributed by atoms with E-state index in [-0.39, 0.29) is 0 Å². The second-order valence-electron chi connectivity index (χ2n) is 9.11. The minimum absolute atomic E-state index is 0.300. The molecule has 182 valence electrons. The standard InChI is InChI=1S/C28H26N4O3S/c1-3-23(26(33)32-27-20(15-29)17-13-12-16(2)14-24(17)36-27)35-28(34)19-9-5-4-8-18(19)25-30-21-10-6-7-11-22(21)31-25/h4-11,16,23H,3,12-14H2,1-2H3,(H,30,31)(H,32,33). The van der Waals surface area contributed by atoms with Gasteiger partial charge in [-0.2, -0.15) is 5.26 Å². The number of imidazole rings is 1. The molecule has 1 aliphatic rings. The zero-order chi connectivity index (χ0) is 25.2. The Bertz CT molecular complexity index is 1460. The van der Waals surface area contributed by atoms with Crippen molar-refractivity contribution in [3.63, 3.8) is 0 Å². The Morgan fingerprint density at radius 2 is 2.03 bits per heavy atom. The van der Waals surface area contributed by atoms with Crippen molar-refractivity contribution >= 4 is 39.2 Å². The zero-order valence-corrected chi connectivity index (χ0v) is 20.9. The van der Waals surface area contributed by atoms with Crippen LogP contribution in [0, 0.1) is 17.2 Å². The van der Waals surface area contributed by atoms with Gasteiger partial charge in [-0.3, -0.25) is 4.79 Å². The van der Waals surface area contributed by atoms with E-state index in [1.807, 2.05) is 30.3 Å². The predicted octanol–water partition coefficient (Wildman–Crippen LogP) is 5.86. The molecule has 2 atom stereocenters. The maximum Gasteiger partial charge on any atom is 0.339 e. The van der Waals surface area contributed by atoms with Crippen LogP contribution in [0.15, 0.2) is 48.5 Å². The lowest BCUT2D eigenvalue weighted by atomic mass is 9.88. The van der Waals surface area contributed by atoms with Crippen molar-refractivity contribution < 1.29 is 14.3 Å². The average molecular weight is 499 g/mol. The van der Waals surface area contributed by atoms with Crippen LogP contribution in [0.2, 0.25) is 0 Å². The van der Waals surface area contributed by atoms with Crippen molar-refractivity contribution in [3.05, 3.63) is 70.1 Å². The molecule has 0 aliphatic heterocycles. The molecule has 0 radical (unpaired) electrons. The van der Waals surface area contributed by atoms with Crippen molar-refractivity contribution in [3.8, 4) is 17.5 Å². The molecule has 0 bridgehead atoms. The highest BCUT2D eigenvalue weighted by atomic mass is 32.1. The van der Waals surface area contributed by atoms with E-state index in [1.54, 1.807) is 25.1 Å². The van der Waals surface area contributed by atoms with Gasteiger partial charge in [0.15, 0.2) is 6.10 Å². The van der Waals surface area contributed by atoms with Gasteiger partial charge in [-0.1, -0.05) is 44.2 Å². The Balaban J connectivity index is 1.36. The van der Waals surface area contributed by atoms with Crippen molar-refractivity contribution in [2.45, 2.75) is 45.6 Å². The lowest BCUT2D eigenvalue weighted by Gasteiger charge is -2.17. The second kappa shape index (κ2) is 9.96. The summed E-state index contributed by atoms with van der Waals surface area (Å²) in [5, 5.41) is 13.1. The Hall–Kier alpha value is -3.96. The summed E-state index contributed by atoms with van der Waals surface area (Å²) in [5.74, 6) is 0.0730. The largest absolute Gasteiger partial charge is 0.449 e. The smallest absolute Gasteiger partial charge is 0.339 e. The molecule has 5 rings (SSSR count). The fourth-order valence-electron chi connectivity index (χ4n) is 4.61. The van der Waals surface area contributed by atoms with Crippen molar-refractivity contribution in [2.75, 3.05) is 5.32 Å². The molecule has 0 saturated carbocycles. The van der Waals surface area contributed by atoms with Gasteiger partial charge < -0.3 is 15.0 Å². The summed E-state index contributed by atoms with van der Waals surface area (Å²) in [4.78, 5) is 35.3. The van der Waals surface area contributed by atoms with E-state index >= 15 is 0 Å². The quantitative estimate of drug-likeness (QED) is 0.324. The zero-order valence-electron chi connectivity index (χ0n) is 20.1. The van der Waals surface area contributed by atoms with Crippen LogP contribution in [-0.2, 0) is 22.4 Å². The maximum atomic E-state index is 13.2. The first-order valence-electron chi connectivity index (χ1n) is 12.1. The molecule has 2 heterocycles. The number of nitrogens with zero attached hydrogens (tertiary/aromatic N) is 2. The fourth-order valence-corrected chi connectivity index (χ4v) is 5.98. The Morgan fingerprint density at radius 3 is 2.81 bits per heavy atom. The number of esters is 1. The molecule has 2 aromatic carbocycles. The van der Waals surface area contributed by atoms with Crippen LogP contribution < -0.4 is 5.32 Å². The van der Waals surface area contributed by atoms with Crippen LogP contribution in [0.5, 0.6) is 0 Å². The van der Waals surface area contributed by atoms with E-state index in [0.717, 1.165) is 40.7 Å². The molecular formula is C28H26N4O3S.